The summed E-state index contributed by atoms with van der Waals surface area (Å²) in [7, 11) is 0.259. The summed E-state index contributed by atoms with van der Waals surface area (Å²) >= 11 is 0. The van der Waals surface area contributed by atoms with Crippen LogP contribution in [0.4, 0.5) is 5.82 Å². The number of carbonyl (C=O) groups excluding carboxylic acids is 1. The molecule has 3 heterocycles. The first kappa shape index (κ1) is 22.5. The molecule has 8 nitrogen and oxygen atoms in total. The Labute approximate surface area is 182 Å². The smallest absolute Gasteiger partial charge is 0.252 e. The summed E-state index contributed by atoms with van der Waals surface area (Å²) in [5.41, 5.74) is 7.30. The molecule has 10 heteroatoms. The van der Waals surface area contributed by atoms with Crippen LogP contribution in [0, 0.1) is 0 Å². The topological polar surface area (TPSA) is 110 Å². The van der Waals surface area contributed by atoms with Crippen molar-refractivity contribution in [2.45, 2.75) is 23.3 Å². The van der Waals surface area contributed by atoms with Gasteiger partial charge in [-0.3, -0.25) is 13.4 Å². The molecule has 4 rings (SSSR count). The third-order valence-electron chi connectivity index (χ3n) is 5.78. The Kier molecular flexibility index (Phi) is 6.37. The van der Waals surface area contributed by atoms with Crippen molar-refractivity contribution in [2.75, 3.05) is 38.0 Å². The molecule has 162 valence electrons. The van der Waals surface area contributed by atoms with E-state index in [1.165, 1.54) is 0 Å². The molecule has 1 saturated heterocycles. The van der Waals surface area contributed by atoms with E-state index in [0.717, 1.165) is 16.9 Å². The fourth-order valence-corrected chi connectivity index (χ4v) is 4.80. The second-order valence-electron chi connectivity index (χ2n) is 7.36. The Balaban J connectivity index is 0.00000256. The molecular formula is C20H25ClN4O4S. The third-order valence-corrected chi connectivity index (χ3v) is 6.70. The van der Waals surface area contributed by atoms with Crippen LogP contribution >= 0.6 is 12.4 Å². The molecule has 0 saturated carbocycles. The number of pyridine rings is 1. The lowest BCUT2D eigenvalue weighted by Crippen LogP contribution is -2.48. The van der Waals surface area contributed by atoms with Crippen molar-refractivity contribution in [2.24, 2.45) is 5.73 Å². The molecule has 0 aliphatic carbocycles. The number of aliphatic hydroxyl groups is 1. The van der Waals surface area contributed by atoms with Crippen molar-refractivity contribution >= 4 is 51.6 Å². The standard InChI is InChI=1S/C20H24N4O4S.ClH/c1-28-20(12-25)7-9-23(10-8-20)19-16(29(2)27)11-13(17(21)26)18-22-14-5-3-4-6-15(14)24(18)19;/h3-6,11,25H,7-10,12H2,1-2H3,(H2,21,26);1H. The number of ether oxygens (including phenoxy) is 1. The van der Waals surface area contributed by atoms with Gasteiger partial charge in [0.25, 0.3) is 5.91 Å². The normalized spacial score (nSPS) is 17.1. The minimum Gasteiger partial charge on any atom is -0.393 e. The monoisotopic (exact) mass is 452 g/mol. The average Bonchev–Trinajstić information content (AvgIpc) is 3.12. The molecule has 1 amide bonds. The highest BCUT2D eigenvalue weighted by atomic mass is 35.5. The Hall–Kier alpha value is -2.20. The van der Waals surface area contributed by atoms with E-state index < -0.39 is 22.3 Å². The van der Waals surface area contributed by atoms with Crippen LogP contribution in [-0.4, -0.2) is 63.3 Å². The molecule has 0 bridgehead atoms. The number of halogens is 1. The number of anilines is 1. The first-order valence-corrected chi connectivity index (χ1v) is 10.9. The van der Waals surface area contributed by atoms with Crippen LogP contribution in [0.15, 0.2) is 35.2 Å². The molecule has 1 aliphatic heterocycles. The van der Waals surface area contributed by atoms with Crippen LogP contribution in [-0.2, 0) is 15.5 Å². The third kappa shape index (κ3) is 3.56. The van der Waals surface area contributed by atoms with Gasteiger partial charge < -0.3 is 20.5 Å². The zero-order valence-electron chi connectivity index (χ0n) is 16.8. The van der Waals surface area contributed by atoms with Crippen LogP contribution in [0.5, 0.6) is 0 Å². The van der Waals surface area contributed by atoms with Crippen LogP contribution in [0.1, 0.15) is 23.2 Å². The van der Waals surface area contributed by atoms with Gasteiger partial charge in [-0.15, -0.1) is 12.4 Å². The number of aromatic nitrogens is 2. The van der Waals surface area contributed by atoms with Crippen LogP contribution in [0.3, 0.4) is 0 Å². The molecular weight excluding hydrogens is 428 g/mol. The fraction of sp³-hybridized carbons (Fsp3) is 0.400. The number of primary amides is 1. The molecule has 1 atom stereocenters. The van der Waals surface area contributed by atoms with E-state index in [4.69, 9.17) is 10.5 Å². The first-order valence-electron chi connectivity index (χ1n) is 9.39. The highest BCUT2D eigenvalue weighted by molar-refractivity contribution is 7.84. The van der Waals surface area contributed by atoms with Crippen LogP contribution in [0.2, 0.25) is 0 Å². The van der Waals surface area contributed by atoms with E-state index in [-0.39, 0.29) is 24.6 Å². The zero-order valence-corrected chi connectivity index (χ0v) is 18.5. The number of amides is 1. The van der Waals surface area contributed by atoms with Gasteiger partial charge in [-0.05, 0) is 31.0 Å². The Bertz CT molecular complexity index is 1120. The summed E-state index contributed by atoms with van der Waals surface area (Å²) in [6, 6.07) is 9.17. The number of methoxy groups -OCH3 is 1. The number of aliphatic hydroxyl groups excluding tert-OH is 1. The summed E-state index contributed by atoms with van der Waals surface area (Å²) in [5, 5.41) is 9.76. The van der Waals surface area contributed by atoms with Crippen LogP contribution in [0.25, 0.3) is 16.7 Å². The minimum absolute atomic E-state index is 0. The van der Waals surface area contributed by atoms with Gasteiger partial charge >= 0.3 is 0 Å². The van der Waals surface area contributed by atoms with E-state index >= 15 is 0 Å². The highest BCUT2D eigenvalue weighted by Gasteiger charge is 2.36. The largest absolute Gasteiger partial charge is 0.393 e. The molecule has 1 fully saturated rings. The summed E-state index contributed by atoms with van der Waals surface area (Å²) < 4.78 is 20.1. The van der Waals surface area contributed by atoms with Crippen molar-refractivity contribution in [3.8, 4) is 0 Å². The van der Waals surface area contributed by atoms with Gasteiger partial charge in [0.1, 0.15) is 5.82 Å². The van der Waals surface area contributed by atoms with Gasteiger partial charge in [0, 0.05) is 26.5 Å². The maximum Gasteiger partial charge on any atom is 0.252 e. The van der Waals surface area contributed by atoms with Crippen molar-refractivity contribution in [1.29, 1.82) is 0 Å². The number of hydrogen-bond acceptors (Lipinski definition) is 6. The lowest BCUT2D eigenvalue weighted by Gasteiger charge is -2.41. The van der Waals surface area contributed by atoms with Gasteiger partial charge in [0.2, 0.25) is 0 Å². The van der Waals surface area contributed by atoms with Crippen LogP contribution < -0.4 is 10.6 Å². The SMILES string of the molecule is COC1(CO)CCN(c2c(S(C)=O)cc(C(N)=O)c3nc4ccccc4n23)CC1.Cl. The van der Waals surface area contributed by atoms with Gasteiger partial charge in [-0.2, -0.15) is 0 Å². The number of hydrogen-bond donors (Lipinski definition) is 2. The second-order valence-corrected chi connectivity index (χ2v) is 8.70. The van der Waals surface area contributed by atoms with Crippen molar-refractivity contribution in [1.82, 2.24) is 9.38 Å². The highest BCUT2D eigenvalue weighted by Crippen LogP contribution is 2.35. The molecule has 3 aromatic rings. The maximum absolute atomic E-state index is 12.7. The maximum atomic E-state index is 12.7. The van der Waals surface area contributed by atoms with E-state index in [9.17, 15) is 14.1 Å². The number of imidazole rings is 1. The molecule has 1 aliphatic rings. The minimum atomic E-state index is -1.35. The molecule has 1 aromatic carbocycles. The van der Waals surface area contributed by atoms with Gasteiger partial charge in [-0.25, -0.2) is 4.98 Å². The average molecular weight is 453 g/mol. The fourth-order valence-electron chi connectivity index (χ4n) is 4.03. The Morgan fingerprint density at radius 1 is 1.33 bits per heavy atom. The van der Waals surface area contributed by atoms with Gasteiger partial charge in [0.15, 0.2) is 5.65 Å². The molecule has 3 N–H and O–H groups in total. The number of nitrogens with zero attached hydrogens (tertiary/aromatic N) is 3. The number of para-hydroxylation sites is 2. The van der Waals surface area contributed by atoms with E-state index in [1.807, 2.05) is 28.7 Å². The predicted molar refractivity (Wildman–Crippen MR) is 119 cm³/mol. The summed E-state index contributed by atoms with van der Waals surface area (Å²) in [6.45, 7) is 1.17. The van der Waals surface area contributed by atoms with E-state index in [1.54, 1.807) is 19.4 Å². The summed E-state index contributed by atoms with van der Waals surface area (Å²) in [4.78, 5) is 19.4. The number of benzene rings is 1. The van der Waals surface area contributed by atoms with Gasteiger partial charge in [-0.1, -0.05) is 12.1 Å². The van der Waals surface area contributed by atoms with Gasteiger partial charge in [0.05, 0.1) is 44.5 Å². The van der Waals surface area contributed by atoms with Crippen molar-refractivity contribution < 1.29 is 18.8 Å². The number of piperidine rings is 1. The first-order chi connectivity index (χ1) is 13.9. The van der Waals surface area contributed by atoms with E-state index in [2.05, 4.69) is 9.88 Å². The Morgan fingerprint density at radius 2 is 2.00 bits per heavy atom. The quantitative estimate of drug-likeness (QED) is 0.610. The molecule has 30 heavy (non-hydrogen) atoms. The number of nitrogens with two attached hydrogens (primary N) is 1. The number of carbonyl (C=O) groups is 1. The second kappa shape index (κ2) is 8.50. The lowest BCUT2D eigenvalue weighted by molar-refractivity contribution is -0.0674. The zero-order chi connectivity index (χ0) is 20.8. The summed E-state index contributed by atoms with van der Waals surface area (Å²) in [5.74, 6) is 0.128. The number of fused-ring (bicyclic) bond motifs is 3. The molecule has 0 spiro atoms. The molecule has 1 unspecified atom stereocenters. The predicted octanol–water partition coefficient (Wildman–Crippen LogP) is 1.72. The Morgan fingerprint density at radius 3 is 2.57 bits per heavy atom. The number of rotatable bonds is 5. The van der Waals surface area contributed by atoms with Crippen molar-refractivity contribution in [3.05, 3.63) is 35.9 Å². The molecule has 2 aromatic heterocycles. The molecule has 0 radical (unpaired) electrons. The van der Waals surface area contributed by atoms with E-state index in [0.29, 0.717) is 36.5 Å². The van der Waals surface area contributed by atoms with Crippen molar-refractivity contribution in [3.63, 3.8) is 0 Å². The summed E-state index contributed by atoms with van der Waals surface area (Å²) in [6.07, 6.45) is 2.84. The lowest BCUT2D eigenvalue weighted by atomic mass is 9.92.